The standard InChI is InChI=1S/C18H22N2O/c19-12-14-7-9-16(10-8-14)18(21)13-20-11-3-6-17(20)15-4-1-2-5-15/h7-10,15,17H,1-6,11,13H2. The summed E-state index contributed by atoms with van der Waals surface area (Å²) in [6.07, 6.45) is 7.88. The van der Waals surface area contributed by atoms with E-state index in [9.17, 15) is 4.79 Å². The first-order valence-corrected chi connectivity index (χ1v) is 8.05. The Morgan fingerprint density at radius 3 is 2.52 bits per heavy atom. The first-order valence-electron chi connectivity index (χ1n) is 8.05. The van der Waals surface area contributed by atoms with Crippen LogP contribution in [0.25, 0.3) is 0 Å². The van der Waals surface area contributed by atoms with E-state index in [0.29, 0.717) is 18.2 Å². The molecule has 0 aromatic heterocycles. The van der Waals surface area contributed by atoms with Crippen molar-refractivity contribution in [3.05, 3.63) is 35.4 Å². The molecule has 1 atom stereocenters. The molecule has 0 N–H and O–H groups in total. The van der Waals surface area contributed by atoms with Crippen molar-refractivity contribution in [2.45, 2.75) is 44.6 Å². The summed E-state index contributed by atoms with van der Waals surface area (Å²) >= 11 is 0. The van der Waals surface area contributed by atoms with Crippen LogP contribution in [0.3, 0.4) is 0 Å². The maximum Gasteiger partial charge on any atom is 0.176 e. The lowest BCUT2D eigenvalue weighted by Gasteiger charge is -2.28. The zero-order chi connectivity index (χ0) is 14.7. The fraction of sp³-hybridized carbons (Fsp3) is 0.556. The molecule has 0 bridgehead atoms. The first-order chi connectivity index (χ1) is 10.3. The monoisotopic (exact) mass is 282 g/mol. The number of benzene rings is 1. The molecule has 1 heterocycles. The second-order valence-corrected chi connectivity index (χ2v) is 6.34. The number of hydrogen-bond donors (Lipinski definition) is 0. The van der Waals surface area contributed by atoms with Gasteiger partial charge >= 0.3 is 0 Å². The van der Waals surface area contributed by atoms with Crippen LogP contribution in [0.4, 0.5) is 0 Å². The third kappa shape index (κ3) is 3.16. The average Bonchev–Trinajstić information content (AvgIpc) is 3.18. The van der Waals surface area contributed by atoms with Crippen LogP contribution in [0.5, 0.6) is 0 Å². The lowest BCUT2D eigenvalue weighted by Crippen LogP contribution is -2.38. The van der Waals surface area contributed by atoms with Crippen molar-refractivity contribution in [3.63, 3.8) is 0 Å². The van der Waals surface area contributed by atoms with E-state index in [1.165, 1.54) is 38.5 Å². The molecule has 0 amide bonds. The van der Waals surface area contributed by atoms with Crippen molar-refractivity contribution in [3.8, 4) is 6.07 Å². The number of Topliss-reactive ketones (excluding diaryl/α,β-unsaturated/α-hetero) is 1. The normalized spacial score (nSPS) is 23.3. The fourth-order valence-electron chi connectivity index (χ4n) is 3.93. The molecule has 3 rings (SSSR count). The SMILES string of the molecule is N#Cc1ccc(C(=O)CN2CCCC2C2CCCC2)cc1. The maximum atomic E-state index is 12.4. The van der Waals surface area contributed by atoms with Gasteiger partial charge in [0.05, 0.1) is 18.2 Å². The molecule has 3 nitrogen and oxygen atoms in total. The Bertz CT molecular complexity index is 537. The Labute approximate surface area is 126 Å². The van der Waals surface area contributed by atoms with Gasteiger partial charge in [-0.05, 0) is 50.3 Å². The van der Waals surface area contributed by atoms with Crippen LogP contribution in [-0.4, -0.2) is 29.8 Å². The Balaban J connectivity index is 1.64. The van der Waals surface area contributed by atoms with Crippen LogP contribution in [0.2, 0.25) is 0 Å². The number of likely N-dealkylation sites (tertiary alicyclic amines) is 1. The largest absolute Gasteiger partial charge is 0.293 e. The van der Waals surface area contributed by atoms with Gasteiger partial charge < -0.3 is 0 Å². The summed E-state index contributed by atoms with van der Waals surface area (Å²) in [7, 11) is 0. The van der Waals surface area contributed by atoms with Gasteiger partial charge in [-0.1, -0.05) is 25.0 Å². The van der Waals surface area contributed by atoms with Crippen molar-refractivity contribution in [2.24, 2.45) is 5.92 Å². The molecule has 2 fully saturated rings. The molecule has 1 saturated carbocycles. The number of rotatable bonds is 4. The zero-order valence-corrected chi connectivity index (χ0v) is 12.4. The molecule has 0 spiro atoms. The van der Waals surface area contributed by atoms with Crippen LogP contribution in [0.1, 0.15) is 54.4 Å². The summed E-state index contributed by atoms with van der Waals surface area (Å²) < 4.78 is 0. The van der Waals surface area contributed by atoms with E-state index in [1.807, 2.05) is 0 Å². The topological polar surface area (TPSA) is 44.1 Å². The summed E-state index contributed by atoms with van der Waals surface area (Å²) in [5.41, 5.74) is 1.34. The molecule has 3 heteroatoms. The second-order valence-electron chi connectivity index (χ2n) is 6.34. The fourth-order valence-corrected chi connectivity index (χ4v) is 3.93. The summed E-state index contributed by atoms with van der Waals surface area (Å²) in [6.45, 7) is 1.59. The summed E-state index contributed by atoms with van der Waals surface area (Å²) in [5, 5.41) is 8.81. The Morgan fingerprint density at radius 1 is 1.14 bits per heavy atom. The molecular weight excluding hydrogens is 260 g/mol. The summed E-state index contributed by atoms with van der Waals surface area (Å²) in [5.74, 6) is 0.991. The van der Waals surface area contributed by atoms with Crippen LogP contribution in [0.15, 0.2) is 24.3 Å². The minimum absolute atomic E-state index is 0.185. The van der Waals surface area contributed by atoms with Gasteiger partial charge in [-0.25, -0.2) is 0 Å². The Kier molecular flexibility index (Phi) is 4.36. The van der Waals surface area contributed by atoms with Crippen LogP contribution in [0, 0.1) is 17.2 Å². The highest BCUT2D eigenvalue weighted by atomic mass is 16.1. The number of hydrogen-bond acceptors (Lipinski definition) is 3. The van der Waals surface area contributed by atoms with Crippen molar-refractivity contribution in [1.82, 2.24) is 4.90 Å². The van der Waals surface area contributed by atoms with E-state index < -0.39 is 0 Å². The summed E-state index contributed by atoms with van der Waals surface area (Å²) in [4.78, 5) is 14.8. The van der Waals surface area contributed by atoms with E-state index in [-0.39, 0.29) is 5.78 Å². The molecule has 1 aromatic rings. The number of nitrogens with zero attached hydrogens (tertiary/aromatic N) is 2. The van der Waals surface area contributed by atoms with Crippen molar-refractivity contribution >= 4 is 5.78 Å². The zero-order valence-electron chi connectivity index (χ0n) is 12.4. The molecule has 110 valence electrons. The molecule has 21 heavy (non-hydrogen) atoms. The molecule has 1 saturated heterocycles. The molecule has 1 aliphatic heterocycles. The predicted molar refractivity (Wildman–Crippen MR) is 82.0 cm³/mol. The van der Waals surface area contributed by atoms with Gasteiger partial charge in [0.15, 0.2) is 5.78 Å². The van der Waals surface area contributed by atoms with Crippen molar-refractivity contribution in [1.29, 1.82) is 5.26 Å². The van der Waals surface area contributed by atoms with Crippen LogP contribution >= 0.6 is 0 Å². The van der Waals surface area contributed by atoms with E-state index >= 15 is 0 Å². The van der Waals surface area contributed by atoms with Gasteiger partial charge in [-0.2, -0.15) is 5.26 Å². The average molecular weight is 282 g/mol. The number of ketones is 1. The first kappa shape index (κ1) is 14.3. The van der Waals surface area contributed by atoms with Crippen molar-refractivity contribution in [2.75, 3.05) is 13.1 Å². The highest BCUT2D eigenvalue weighted by Crippen LogP contribution is 2.35. The number of carbonyl (C=O) groups excluding carboxylic acids is 1. The lowest BCUT2D eigenvalue weighted by atomic mass is 9.95. The summed E-state index contributed by atoms with van der Waals surface area (Å²) in [6, 6.07) is 9.72. The second kappa shape index (κ2) is 6.41. The third-order valence-corrected chi connectivity index (χ3v) is 5.04. The van der Waals surface area contributed by atoms with Gasteiger partial charge in [0.25, 0.3) is 0 Å². The molecule has 1 unspecified atom stereocenters. The molecular formula is C18H22N2O. The van der Waals surface area contributed by atoms with Gasteiger partial charge in [-0.3, -0.25) is 9.69 Å². The molecule has 1 aromatic carbocycles. The third-order valence-electron chi connectivity index (χ3n) is 5.04. The number of nitriles is 1. The lowest BCUT2D eigenvalue weighted by molar-refractivity contribution is 0.0896. The van der Waals surface area contributed by atoms with Crippen LogP contribution < -0.4 is 0 Å². The van der Waals surface area contributed by atoms with E-state index in [0.717, 1.165) is 18.0 Å². The van der Waals surface area contributed by atoms with Gasteiger partial charge in [0.2, 0.25) is 0 Å². The van der Waals surface area contributed by atoms with Gasteiger partial charge in [-0.15, -0.1) is 0 Å². The Hall–Kier alpha value is -1.66. The molecule has 1 aliphatic carbocycles. The quantitative estimate of drug-likeness (QED) is 0.795. The van der Waals surface area contributed by atoms with Gasteiger partial charge in [0, 0.05) is 11.6 Å². The maximum absolute atomic E-state index is 12.4. The van der Waals surface area contributed by atoms with E-state index in [4.69, 9.17) is 5.26 Å². The Morgan fingerprint density at radius 2 is 1.86 bits per heavy atom. The number of carbonyl (C=O) groups is 1. The van der Waals surface area contributed by atoms with Crippen molar-refractivity contribution < 1.29 is 4.79 Å². The highest BCUT2D eigenvalue weighted by Gasteiger charge is 2.34. The van der Waals surface area contributed by atoms with Crippen LogP contribution in [-0.2, 0) is 0 Å². The molecule has 0 radical (unpaired) electrons. The highest BCUT2D eigenvalue weighted by molar-refractivity contribution is 5.97. The minimum atomic E-state index is 0.185. The van der Waals surface area contributed by atoms with Gasteiger partial charge in [0.1, 0.15) is 0 Å². The molecule has 2 aliphatic rings. The van der Waals surface area contributed by atoms with E-state index in [1.54, 1.807) is 24.3 Å². The minimum Gasteiger partial charge on any atom is -0.293 e. The smallest absolute Gasteiger partial charge is 0.176 e. The van der Waals surface area contributed by atoms with E-state index in [2.05, 4.69) is 11.0 Å². The predicted octanol–water partition coefficient (Wildman–Crippen LogP) is 3.40.